The molecule has 0 aromatic rings. The molecule has 2 fully saturated rings. The first-order chi connectivity index (χ1) is 12.6. The first-order valence-corrected chi connectivity index (χ1v) is 10.6. The highest BCUT2D eigenvalue weighted by molar-refractivity contribution is 14.0. The molecule has 2 aliphatic rings. The summed E-state index contributed by atoms with van der Waals surface area (Å²) in [4.78, 5) is 21.4. The van der Waals surface area contributed by atoms with Gasteiger partial charge in [0.05, 0.1) is 0 Å². The molecule has 2 heterocycles. The number of aliphatic imine (C=N–C) groups is 1. The lowest BCUT2D eigenvalue weighted by Crippen LogP contribution is -2.46. The fourth-order valence-electron chi connectivity index (χ4n) is 4.09. The largest absolute Gasteiger partial charge is 0.359 e. The highest BCUT2D eigenvalue weighted by atomic mass is 127. The molecule has 2 rings (SSSR count). The molecule has 1 atom stereocenters. The number of nitrogens with one attached hydrogen (secondary N) is 2. The SMILES string of the molecule is CCNC(=NCCCN1CCCCC1C)N1CCC(CC(=O)NC)CC1.I. The number of guanidine groups is 1. The Morgan fingerprint density at radius 2 is 1.89 bits per heavy atom. The summed E-state index contributed by atoms with van der Waals surface area (Å²) in [5.41, 5.74) is 0. The summed E-state index contributed by atoms with van der Waals surface area (Å²) in [6, 6.07) is 0.736. The van der Waals surface area contributed by atoms with Crippen molar-refractivity contribution in [3.63, 3.8) is 0 Å². The zero-order valence-electron chi connectivity index (χ0n) is 17.5. The summed E-state index contributed by atoms with van der Waals surface area (Å²) in [6.45, 7) is 10.7. The number of carbonyl (C=O) groups is 1. The molecule has 2 N–H and O–H groups in total. The van der Waals surface area contributed by atoms with Crippen LogP contribution in [-0.2, 0) is 4.79 Å². The van der Waals surface area contributed by atoms with Crippen LogP contribution in [-0.4, -0.2) is 74.0 Å². The summed E-state index contributed by atoms with van der Waals surface area (Å²) >= 11 is 0. The van der Waals surface area contributed by atoms with Gasteiger partial charge in [-0.1, -0.05) is 6.42 Å². The fourth-order valence-corrected chi connectivity index (χ4v) is 4.09. The number of amides is 1. The van der Waals surface area contributed by atoms with Gasteiger partial charge in [-0.25, -0.2) is 0 Å². The summed E-state index contributed by atoms with van der Waals surface area (Å²) in [5, 5.41) is 6.19. The van der Waals surface area contributed by atoms with Gasteiger partial charge in [-0.15, -0.1) is 24.0 Å². The van der Waals surface area contributed by atoms with Crippen LogP contribution in [0.4, 0.5) is 0 Å². The first kappa shape index (κ1) is 24.5. The molecule has 27 heavy (non-hydrogen) atoms. The van der Waals surface area contributed by atoms with E-state index in [0.29, 0.717) is 12.3 Å². The molecule has 2 saturated heterocycles. The molecular weight excluding hydrogens is 453 g/mol. The monoisotopic (exact) mass is 493 g/mol. The van der Waals surface area contributed by atoms with Crippen LogP contribution in [0.2, 0.25) is 0 Å². The molecule has 7 heteroatoms. The molecule has 0 aliphatic carbocycles. The smallest absolute Gasteiger partial charge is 0.220 e. The highest BCUT2D eigenvalue weighted by Crippen LogP contribution is 2.20. The van der Waals surface area contributed by atoms with E-state index < -0.39 is 0 Å². The predicted molar refractivity (Wildman–Crippen MR) is 124 cm³/mol. The van der Waals surface area contributed by atoms with Gasteiger partial charge < -0.3 is 20.4 Å². The van der Waals surface area contributed by atoms with Gasteiger partial charge in [0, 0.05) is 52.2 Å². The lowest BCUT2D eigenvalue weighted by Gasteiger charge is -2.34. The van der Waals surface area contributed by atoms with E-state index in [1.54, 1.807) is 7.05 Å². The van der Waals surface area contributed by atoms with Crippen LogP contribution in [0.5, 0.6) is 0 Å². The molecule has 1 unspecified atom stereocenters. The van der Waals surface area contributed by atoms with Crippen LogP contribution in [0.3, 0.4) is 0 Å². The molecule has 0 spiro atoms. The Morgan fingerprint density at radius 1 is 1.15 bits per heavy atom. The zero-order chi connectivity index (χ0) is 18.8. The van der Waals surface area contributed by atoms with Crippen LogP contribution in [0.15, 0.2) is 4.99 Å². The summed E-state index contributed by atoms with van der Waals surface area (Å²) in [7, 11) is 1.72. The van der Waals surface area contributed by atoms with E-state index in [9.17, 15) is 4.79 Å². The fraction of sp³-hybridized carbons (Fsp3) is 0.900. The van der Waals surface area contributed by atoms with Crippen molar-refractivity contribution in [1.29, 1.82) is 0 Å². The normalized spacial score (nSPS) is 22.3. The van der Waals surface area contributed by atoms with E-state index in [1.165, 1.54) is 25.8 Å². The molecular formula is C20H40IN5O. The Hall–Kier alpha value is -0.570. The van der Waals surface area contributed by atoms with Crippen molar-refractivity contribution in [3.8, 4) is 0 Å². The minimum atomic E-state index is 0. The predicted octanol–water partition coefficient (Wildman–Crippen LogP) is 2.68. The Bertz CT molecular complexity index is 452. The van der Waals surface area contributed by atoms with Gasteiger partial charge in [0.25, 0.3) is 0 Å². The Labute approximate surface area is 182 Å². The molecule has 6 nitrogen and oxygen atoms in total. The Kier molecular flexibility index (Phi) is 12.3. The Balaban J connectivity index is 0.00000364. The van der Waals surface area contributed by atoms with Crippen molar-refractivity contribution in [2.45, 2.75) is 64.8 Å². The minimum Gasteiger partial charge on any atom is -0.359 e. The van der Waals surface area contributed by atoms with Gasteiger partial charge in [0.2, 0.25) is 5.91 Å². The minimum absolute atomic E-state index is 0. The van der Waals surface area contributed by atoms with Crippen LogP contribution in [0.1, 0.15) is 58.8 Å². The number of piperidine rings is 2. The van der Waals surface area contributed by atoms with E-state index in [1.807, 2.05) is 0 Å². The number of nitrogens with zero attached hydrogens (tertiary/aromatic N) is 3. The van der Waals surface area contributed by atoms with E-state index >= 15 is 0 Å². The third-order valence-corrected chi connectivity index (χ3v) is 5.81. The second-order valence-electron chi connectivity index (χ2n) is 7.78. The van der Waals surface area contributed by atoms with E-state index in [-0.39, 0.29) is 29.9 Å². The molecule has 158 valence electrons. The second kappa shape index (κ2) is 13.6. The molecule has 0 bridgehead atoms. The average Bonchev–Trinajstić information content (AvgIpc) is 2.66. The number of hydrogen-bond donors (Lipinski definition) is 2. The topological polar surface area (TPSA) is 60.0 Å². The lowest BCUT2D eigenvalue weighted by molar-refractivity contribution is -0.121. The summed E-state index contributed by atoms with van der Waals surface area (Å²) in [5.74, 6) is 1.73. The van der Waals surface area contributed by atoms with Crippen molar-refractivity contribution in [2.75, 3.05) is 46.3 Å². The molecule has 0 aromatic heterocycles. The maximum Gasteiger partial charge on any atom is 0.220 e. The summed E-state index contributed by atoms with van der Waals surface area (Å²) < 4.78 is 0. The lowest BCUT2D eigenvalue weighted by atomic mass is 9.93. The van der Waals surface area contributed by atoms with Gasteiger partial charge in [0.15, 0.2) is 5.96 Å². The van der Waals surface area contributed by atoms with Gasteiger partial charge in [-0.05, 0) is 58.4 Å². The number of likely N-dealkylation sites (tertiary alicyclic amines) is 2. The van der Waals surface area contributed by atoms with Gasteiger partial charge in [-0.3, -0.25) is 9.79 Å². The van der Waals surface area contributed by atoms with Crippen LogP contribution in [0, 0.1) is 5.92 Å². The molecule has 0 radical (unpaired) electrons. The van der Waals surface area contributed by atoms with E-state index in [2.05, 4.69) is 34.3 Å². The molecule has 0 saturated carbocycles. The van der Waals surface area contributed by atoms with Crippen molar-refractivity contribution >= 4 is 35.8 Å². The first-order valence-electron chi connectivity index (χ1n) is 10.6. The van der Waals surface area contributed by atoms with Crippen molar-refractivity contribution in [1.82, 2.24) is 20.4 Å². The molecule has 1 amide bonds. The third-order valence-electron chi connectivity index (χ3n) is 5.81. The quantitative estimate of drug-likeness (QED) is 0.248. The molecule has 2 aliphatic heterocycles. The van der Waals surface area contributed by atoms with Crippen LogP contribution >= 0.6 is 24.0 Å². The van der Waals surface area contributed by atoms with E-state index in [0.717, 1.165) is 64.0 Å². The van der Waals surface area contributed by atoms with Gasteiger partial charge >= 0.3 is 0 Å². The summed E-state index contributed by atoms with van der Waals surface area (Å²) in [6.07, 6.45) is 8.01. The van der Waals surface area contributed by atoms with Crippen molar-refractivity contribution in [3.05, 3.63) is 0 Å². The number of rotatable bonds is 7. The maximum atomic E-state index is 11.6. The van der Waals surface area contributed by atoms with E-state index in [4.69, 9.17) is 4.99 Å². The van der Waals surface area contributed by atoms with Gasteiger partial charge in [-0.2, -0.15) is 0 Å². The van der Waals surface area contributed by atoms with Crippen LogP contribution < -0.4 is 10.6 Å². The molecule has 0 aromatic carbocycles. The number of carbonyl (C=O) groups excluding carboxylic acids is 1. The second-order valence-corrected chi connectivity index (χ2v) is 7.78. The average molecular weight is 493 g/mol. The van der Waals surface area contributed by atoms with Crippen LogP contribution in [0.25, 0.3) is 0 Å². The van der Waals surface area contributed by atoms with Crippen molar-refractivity contribution < 1.29 is 4.79 Å². The Morgan fingerprint density at radius 3 is 2.52 bits per heavy atom. The zero-order valence-corrected chi connectivity index (χ0v) is 19.8. The maximum absolute atomic E-state index is 11.6. The third kappa shape index (κ3) is 8.54. The van der Waals surface area contributed by atoms with Gasteiger partial charge in [0.1, 0.15) is 0 Å². The number of halogens is 1. The van der Waals surface area contributed by atoms with Crippen molar-refractivity contribution in [2.24, 2.45) is 10.9 Å². The number of hydrogen-bond acceptors (Lipinski definition) is 3. The standard InChI is InChI=1S/C20H39N5O.HI/c1-4-22-20(23-11-7-13-24-12-6-5-8-17(24)2)25-14-9-18(10-15-25)16-19(26)21-3;/h17-18H,4-16H2,1-3H3,(H,21,26)(H,22,23);1H. The highest BCUT2D eigenvalue weighted by Gasteiger charge is 2.23.